The van der Waals surface area contributed by atoms with Crippen LogP contribution in [0.5, 0.6) is 0 Å². The third-order valence-electron chi connectivity index (χ3n) is 1.43. The summed E-state index contributed by atoms with van der Waals surface area (Å²) in [7, 11) is 0. The zero-order chi connectivity index (χ0) is 10.2. The molecule has 0 radical (unpaired) electrons. The Labute approximate surface area is 84.4 Å². The molecular formula is C8H18O4Ti. The Morgan fingerprint density at radius 1 is 1.31 bits per heavy atom. The van der Waals surface area contributed by atoms with Crippen LogP contribution in [0.3, 0.4) is 0 Å². The van der Waals surface area contributed by atoms with E-state index >= 15 is 0 Å². The molecule has 5 heteroatoms. The number of unbranched alkanes of at least 4 members (excludes halogenated alkanes) is 2. The van der Waals surface area contributed by atoms with Crippen LogP contribution in [0.15, 0.2) is 12.7 Å². The van der Waals surface area contributed by atoms with Crippen molar-refractivity contribution < 1.29 is 32.2 Å². The van der Waals surface area contributed by atoms with E-state index in [1.807, 2.05) is 0 Å². The van der Waals surface area contributed by atoms with Gasteiger partial charge in [-0.15, -0.1) is 0 Å². The van der Waals surface area contributed by atoms with Crippen molar-refractivity contribution in [3.63, 3.8) is 0 Å². The Hall–Kier alpha value is 0.294. The maximum absolute atomic E-state index is 9.20. The molecule has 78 valence electrons. The molecule has 13 heavy (non-hydrogen) atoms. The van der Waals surface area contributed by atoms with Crippen LogP contribution >= 0.6 is 0 Å². The molecule has 4 nitrogen and oxygen atoms in total. The zero-order valence-electron chi connectivity index (χ0n) is 8.03. The topological polar surface area (TPSA) is 58.9 Å². The number of rotatable bonds is 8. The predicted octanol–water partition coefficient (Wildman–Crippen LogP) is 1.19. The quantitative estimate of drug-likeness (QED) is 0.371. The predicted molar refractivity (Wildman–Crippen MR) is 46.1 cm³/mol. The first-order valence-electron chi connectivity index (χ1n) is 4.46. The summed E-state index contributed by atoms with van der Waals surface area (Å²) in [5, 5.41) is 0. The van der Waals surface area contributed by atoms with Gasteiger partial charge >= 0.3 is 84.2 Å². The molecule has 2 N–H and O–H groups in total. The molecule has 0 saturated carbocycles. The van der Waals surface area contributed by atoms with E-state index in [4.69, 9.17) is 6.64 Å². The summed E-state index contributed by atoms with van der Waals surface area (Å²) in [6.45, 7) is 5.96. The monoisotopic (exact) mass is 226 g/mol. The van der Waals surface area contributed by atoms with Gasteiger partial charge in [-0.3, -0.25) is 0 Å². The van der Waals surface area contributed by atoms with E-state index in [1.165, 1.54) is 6.08 Å². The van der Waals surface area contributed by atoms with Gasteiger partial charge in [0.1, 0.15) is 0 Å². The van der Waals surface area contributed by atoms with Crippen LogP contribution < -0.4 is 0 Å². The Morgan fingerprint density at radius 3 is 2.54 bits per heavy atom. The molecule has 0 aromatic rings. The van der Waals surface area contributed by atoms with Crippen molar-refractivity contribution in [1.82, 2.24) is 0 Å². The molecule has 0 heterocycles. The fourth-order valence-corrected chi connectivity index (χ4v) is 2.06. The first-order valence-corrected chi connectivity index (χ1v) is 7.13. The van der Waals surface area contributed by atoms with Gasteiger partial charge in [-0.25, -0.2) is 0 Å². The van der Waals surface area contributed by atoms with Crippen molar-refractivity contribution >= 4 is 0 Å². The van der Waals surface area contributed by atoms with Crippen molar-refractivity contribution in [2.24, 2.45) is 0 Å². The molecule has 0 unspecified atom stereocenters. The molecule has 0 saturated heterocycles. The third-order valence-corrected chi connectivity index (χ3v) is 3.18. The Kier molecular flexibility index (Phi) is 7.85. The molecule has 0 fully saturated rings. The first kappa shape index (κ1) is 13.3. The molecule has 0 atom stereocenters. The van der Waals surface area contributed by atoms with E-state index in [0.29, 0.717) is 6.61 Å². The fraction of sp³-hybridized carbons (Fsp3) is 0.750. The van der Waals surface area contributed by atoms with Gasteiger partial charge in [0, 0.05) is 0 Å². The van der Waals surface area contributed by atoms with Crippen LogP contribution in [-0.4, -0.2) is 20.6 Å². The van der Waals surface area contributed by atoms with Gasteiger partial charge in [0.15, 0.2) is 0 Å². The van der Waals surface area contributed by atoms with Crippen molar-refractivity contribution in [1.29, 1.82) is 0 Å². The second-order valence-corrected chi connectivity index (χ2v) is 5.32. The van der Waals surface area contributed by atoms with Crippen LogP contribution in [0.1, 0.15) is 26.2 Å². The van der Waals surface area contributed by atoms with Gasteiger partial charge < -0.3 is 0 Å². The summed E-state index contributed by atoms with van der Waals surface area (Å²) in [4.78, 5) is 0. The summed E-state index contributed by atoms with van der Waals surface area (Å²) < 4.78 is 28.0. The number of hydrogen-bond donors (Lipinski definition) is 2. The molecule has 0 aliphatic rings. The molecule has 0 aromatic heterocycles. The second kappa shape index (κ2) is 7.68. The van der Waals surface area contributed by atoms with Gasteiger partial charge in [-0.2, -0.15) is 0 Å². The molecular weight excluding hydrogens is 208 g/mol. The number of hydrogen-bond acceptors (Lipinski definition) is 4. The Morgan fingerprint density at radius 2 is 2.00 bits per heavy atom. The van der Waals surface area contributed by atoms with Crippen LogP contribution in [0.2, 0.25) is 0 Å². The van der Waals surface area contributed by atoms with E-state index in [-0.39, 0.29) is 6.61 Å². The van der Waals surface area contributed by atoms with E-state index < -0.39 is 18.1 Å². The minimum atomic E-state index is -4.33. The van der Waals surface area contributed by atoms with Crippen molar-refractivity contribution in [2.75, 3.05) is 13.2 Å². The third kappa shape index (κ3) is 8.62. The minimum absolute atomic E-state index is 0.126. The molecule has 0 bridgehead atoms. The fourth-order valence-electron chi connectivity index (χ4n) is 0.766. The average Bonchev–Trinajstić information content (AvgIpc) is 2.09. The van der Waals surface area contributed by atoms with Crippen molar-refractivity contribution in [3.8, 4) is 0 Å². The molecule has 0 aliphatic carbocycles. The summed E-state index contributed by atoms with van der Waals surface area (Å²) in [5.41, 5.74) is 0. The van der Waals surface area contributed by atoms with Crippen LogP contribution in [0.4, 0.5) is 0 Å². The van der Waals surface area contributed by atoms with E-state index in [0.717, 1.165) is 19.3 Å². The maximum atomic E-state index is 9.20. The Bertz CT molecular complexity index is 138. The molecule has 0 spiro atoms. The standard InChI is InChI=1S/C5H11O.C3H5O.2H2O.Ti/c1-2-3-4-5-6;1-2-3-4;;;/h2-5H2,1H3;2H,1,3H2;2*1H2;/q2*-1;;;+4/p-2. The second-order valence-electron chi connectivity index (χ2n) is 2.70. The molecule has 0 amide bonds. The SMILES string of the molecule is C=CC[O][Ti]([OH])([OH])[O]CCCCC. The summed E-state index contributed by atoms with van der Waals surface area (Å²) in [5.74, 6) is 0. The summed E-state index contributed by atoms with van der Waals surface area (Å²) in [6, 6.07) is 0. The van der Waals surface area contributed by atoms with Gasteiger partial charge in [-0.05, 0) is 0 Å². The molecule has 0 rings (SSSR count). The van der Waals surface area contributed by atoms with Gasteiger partial charge in [0.2, 0.25) is 0 Å². The van der Waals surface area contributed by atoms with Gasteiger partial charge in [0.05, 0.1) is 0 Å². The van der Waals surface area contributed by atoms with Crippen LogP contribution in [0.25, 0.3) is 0 Å². The summed E-state index contributed by atoms with van der Waals surface area (Å²) >= 11 is -4.33. The van der Waals surface area contributed by atoms with Gasteiger partial charge in [0.25, 0.3) is 0 Å². The van der Waals surface area contributed by atoms with E-state index in [9.17, 15) is 7.38 Å². The normalized spacial score (nSPS) is 11.6. The van der Waals surface area contributed by atoms with Gasteiger partial charge in [-0.1, -0.05) is 0 Å². The van der Waals surface area contributed by atoms with Crippen LogP contribution in [0, 0.1) is 0 Å². The molecule has 0 aliphatic heterocycles. The van der Waals surface area contributed by atoms with Crippen LogP contribution in [-0.2, 0) is 24.8 Å². The average molecular weight is 226 g/mol. The van der Waals surface area contributed by atoms with Crippen molar-refractivity contribution in [3.05, 3.63) is 12.7 Å². The Balaban J connectivity index is 3.44. The van der Waals surface area contributed by atoms with E-state index in [2.05, 4.69) is 13.5 Å². The van der Waals surface area contributed by atoms with E-state index in [1.54, 1.807) is 0 Å². The van der Waals surface area contributed by atoms with Crippen molar-refractivity contribution in [2.45, 2.75) is 26.2 Å². The first-order chi connectivity index (χ1) is 6.12. The molecule has 0 aromatic carbocycles. The summed E-state index contributed by atoms with van der Waals surface area (Å²) in [6.07, 6.45) is 4.40. The zero-order valence-corrected chi connectivity index (χ0v) is 9.59.